The molecule has 1 aliphatic rings. The molecule has 104 valence electrons. The van der Waals surface area contributed by atoms with Gasteiger partial charge in [0.05, 0.1) is 6.04 Å². The second-order valence-corrected chi connectivity index (χ2v) is 5.77. The number of aryl methyl sites for hydroxylation is 1. The third kappa shape index (κ3) is 2.81. The molecule has 2 atom stereocenters. The molecule has 3 heteroatoms. The highest BCUT2D eigenvalue weighted by molar-refractivity contribution is 5.84. The summed E-state index contributed by atoms with van der Waals surface area (Å²) in [5.41, 5.74) is 2.45. The Balaban J connectivity index is 2.31. The van der Waals surface area contributed by atoms with Crippen molar-refractivity contribution in [2.75, 3.05) is 6.54 Å². The molecular formula is C16H24N2O. The van der Waals surface area contributed by atoms with Crippen LogP contribution in [0.5, 0.6) is 0 Å². The number of nitrogens with one attached hydrogen (secondary N) is 1. The van der Waals surface area contributed by atoms with Gasteiger partial charge >= 0.3 is 0 Å². The van der Waals surface area contributed by atoms with Crippen molar-refractivity contribution in [3.05, 3.63) is 35.4 Å². The topological polar surface area (TPSA) is 32.3 Å². The van der Waals surface area contributed by atoms with Crippen molar-refractivity contribution in [2.24, 2.45) is 5.92 Å². The van der Waals surface area contributed by atoms with Crippen molar-refractivity contribution in [2.45, 2.75) is 46.3 Å². The van der Waals surface area contributed by atoms with E-state index in [1.165, 1.54) is 11.1 Å². The minimum Gasteiger partial charge on any atom is -0.321 e. The molecule has 1 aromatic carbocycles. The molecule has 1 saturated heterocycles. The Morgan fingerprint density at radius 2 is 2.00 bits per heavy atom. The SMILES string of the molecule is CCC1NC(c2ccccc2C)N(CC(C)C)C1=O. The van der Waals surface area contributed by atoms with Crippen LogP contribution in [-0.2, 0) is 4.79 Å². The normalized spacial score (nSPS) is 23.4. The maximum absolute atomic E-state index is 12.4. The number of carbonyl (C=O) groups excluding carboxylic acids is 1. The van der Waals surface area contributed by atoms with Gasteiger partial charge in [-0.2, -0.15) is 0 Å². The second kappa shape index (κ2) is 5.74. The van der Waals surface area contributed by atoms with E-state index in [2.05, 4.69) is 45.1 Å². The molecule has 0 aliphatic carbocycles. The van der Waals surface area contributed by atoms with Gasteiger partial charge in [0.15, 0.2) is 0 Å². The van der Waals surface area contributed by atoms with Crippen LogP contribution < -0.4 is 5.32 Å². The van der Waals surface area contributed by atoms with Crippen molar-refractivity contribution < 1.29 is 4.79 Å². The van der Waals surface area contributed by atoms with Crippen LogP contribution in [0, 0.1) is 12.8 Å². The van der Waals surface area contributed by atoms with E-state index in [4.69, 9.17) is 0 Å². The Labute approximate surface area is 116 Å². The highest BCUT2D eigenvalue weighted by atomic mass is 16.2. The third-order valence-corrected chi connectivity index (χ3v) is 3.71. The molecule has 3 nitrogen and oxygen atoms in total. The molecule has 0 saturated carbocycles. The number of nitrogens with zero attached hydrogens (tertiary/aromatic N) is 1. The lowest BCUT2D eigenvalue weighted by atomic mass is 10.1. The first kappa shape index (κ1) is 14.1. The third-order valence-electron chi connectivity index (χ3n) is 3.71. The molecular weight excluding hydrogens is 236 g/mol. The summed E-state index contributed by atoms with van der Waals surface area (Å²) in [7, 11) is 0. The highest BCUT2D eigenvalue weighted by Crippen LogP contribution is 2.29. The molecule has 0 spiro atoms. The van der Waals surface area contributed by atoms with E-state index in [1.54, 1.807) is 0 Å². The van der Waals surface area contributed by atoms with E-state index in [-0.39, 0.29) is 18.1 Å². The van der Waals surface area contributed by atoms with E-state index in [1.807, 2.05) is 17.0 Å². The molecule has 2 rings (SSSR count). The Morgan fingerprint density at radius 3 is 2.58 bits per heavy atom. The molecule has 1 N–H and O–H groups in total. The van der Waals surface area contributed by atoms with E-state index < -0.39 is 0 Å². The van der Waals surface area contributed by atoms with Gasteiger partial charge in [-0.1, -0.05) is 45.0 Å². The second-order valence-electron chi connectivity index (χ2n) is 5.77. The summed E-state index contributed by atoms with van der Waals surface area (Å²) in [6.45, 7) is 9.28. The smallest absolute Gasteiger partial charge is 0.241 e. The van der Waals surface area contributed by atoms with Crippen LogP contribution in [-0.4, -0.2) is 23.4 Å². The van der Waals surface area contributed by atoms with E-state index >= 15 is 0 Å². The van der Waals surface area contributed by atoms with Crippen molar-refractivity contribution in [1.82, 2.24) is 10.2 Å². The maximum Gasteiger partial charge on any atom is 0.241 e. The summed E-state index contributed by atoms with van der Waals surface area (Å²) in [6.07, 6.45) is 0.872. The predicted molar refractivity (Wildman–Crippen MR) is 77.7 cm³/mol. The lowest BCUT2D eigenvalue weighted by molar-refractivity contribution is -0.130. The number of hydrogen-bond acceptors (Lipinski definition) is 2. The summed E-state index contributed by atoms with van der Waals surface area (Å²) in [4.78, 5) is 14.4. The predicted octanol–water partition coefficient (Wildman–Crippen LogP) is 2.86. The van der Waals surface area contributed by atoms with Gasteiger partial charge in [0.2, 0.25) is 5.91 Å². The van der Waals surface area contributed by atoms with E-state index in [9.17, 15) is 4.79 Å². The fourth-order valence-corrected chi connectivity index (χ4v) is 2.71. The van der Waals surface area contributed by atoms with Gasteiger partial charge in [-0.05, 0) is 30.4 Å². The summed E-state index contributed by atoms with van der Waals surface area (Å²) in [5, 5.41) is 3.48. The van der Waals surface area contributed by atoms with Gasteiger partial charge in [-0.25, -0.2) is 0 Å². The number of benzene rings is 1. The first-order chi connectivity index (χ1) is 9.04. The Bertz CT molecular complexity index is 456. The van der Waals surface area contributed by atoms with Gasteiger partial charge in [-0.3, -0.25) is 10.1 Å². The zero-order valence-electron chi connectivity index (χ0n) is 12.3. The van der Waals surface area contributed by atoms with Crippen LogP contribution in [0.2, 0.25) is 0 Å². The lowest BCUT2D eigenvalue weighted by Crippen LogP contribution is -2.34. The summed E-state index contributed by atoms with van der Waals surface area (Å²) < 4.78 is 0. The van der Waals surface area contributed by atoms with Gasteiger partial charge < -0.3 is 4.90 Å². The lowest BCUT2D eigenvalue weighted by Gasteiger charge is -2.27. The number of amides is 1. The van der Waals surface area contributed by atoms with E-state index in [0.29, 0.717) is 5.92 Å². The maximum atomic E-state index is 12.4. The van der Waals surface area contributed by atoms with Crippen molar-refractivity contribution >= 4 is 5.91 Å². The highest BCUT2D eigenvalue weighted by Gasteiger charge is 2.38. The van der Waals surface area contributed by atoms with Crippen molar-refractivity contribution in [3.8, 4) is 0 Å². The molecule has 2 unspecified atom stereocenters. The Morgan fingerprint density at radius 1 is 1.32 bits per heavy atom. The summed E-state index contributed by atoms with van der Waals surface area (Å²) in [5.74, 6) is 0.720. The molecule has 19 heavy (non-hydrogen) atoms. The average molecular weight is 260 g/mol. The minimum atomic E-state index is -0.0386. The fraction of sp³-hybridized carbons (Fsp3) is 0.562. The Hall–Kier alpha value is -1.35. The molecule has 0 bridgehead atoms. The molecule has 1 aromatic rings. The summed E-state index contributed by atoms with van der Waals surface area (Å²) in [6, 6.07) is 8.27. The van der Waals surface area contributed by atoms with E-state index in [0.717, 1.165) is 13.0 Å². The fourth-order valence-electron chi connectivity index (χ4n) is 2.71. The van der Waals surface area contributed by atoms with Crippen LogP contribution in [0.25, 0.3) is 0 Å². The monoisotopic (exact) mass is 260 g/mol. The van der Waals surface area contributed by atoms with Crippen LogP contribution in [0.3, 0.4) is 0 Å². The van der Waals surface area contributed by atoms with Crippen LogP contribution >= 0.6 is 0 Å². The van der Waals surface area contributed by atoms with Crippen LogP contribution in [0.4, 0.5) is 0 Å². The molecule has 0 radical (unpaired) electrons. The van der Waals surface area contributed by atoms with Crippen LogP contribution in [0.1, 0.15) is 44.5 Å². The quantitative estimate of drug-likeness (QED) is 0.903. The van der Waals surface area contributed by atoms with Gasteiger partial charge in [0.1, 0.15) is 6.17 Å². The first-order valence-corrected chi connectivity index (χ1v) is 7.16. The zero-order valence-corrected chi connectivity index (χ0v) is 12.3. The molecule has 1 fully saturated rings. The van der Waals surface area contributed by atoms with Crippen LogP contribution in [0.15, 0.2) is 24.3 Å². The van der Waals surface area contributed by atoms with Gasteiger partial charge in [0, 0.05) is 6.54 Å². The Kier molecular flexibility index (Phi) is 4.25. The van der Waals surface area contributed by atoms with Gasteiger partial charge in [-0.15, -0.1) is 0 Å². The minimum absolute atomic E-state index is 0.0287. The largest absolute Gasteiger partial charge is 0.321 e. The van der Waals surface area contributed by atoms with Gasteiger partial charge in [0.25, 0.3) is 0 Å². The molecule has 0 aromatic heterocycles. The van der Waals surface area contributed by atoms with Crippen molar-refractivity contribution in [3.63, 3.8) is 0 Å². The average Bonchev–Trinajstić information content (AvgIpc) is 2.67. The molecule has 1 heterocycles. The zero-order chi connectivity index (χ0) is 14.0. The summed E-state index contributed by atoms with van der Waals surface area (Å²) >= 11 is 0. The molecule has 1 aliphatic heterocycles. The number of hydrogen-bond donors (Lipinski definition) is 1. The number of carbonyl (C=O) groups is 1. The van der Waals surface area contributed by atoms with Crippen molar-refractivity contribution in [1.29, 1.82) is 0 Å². The molecule has 1 amide bonds. The number of rotatable bonds is 4. The first-order valence-electron chi connectivity index (χ1n) is 7.16. The standard InChI is InChI=1S/C16H24N2O/c1-5-14-16(19)18(10-11(2)3)15(17-14)13-9-7-6-8-12(13)4/h6-9,11,14-15,17H,5,10H2,1-4H3.